The molecule has 0 fully saturated rings. The highest BCUT2D eigenvalue weighted by atomic mass is 16.5. The number of ether oxygens (including phenoxy) is 1. The fourth-order valence-electron chi connectivity index (χ4n) is 1.48. The highest BCUT2D eigenvalue weighted by Gasteiger charge is 2.13. The molecule has 0 aliphatic carbocycles. The fraction of sp³-hybridized carbons (Fsp3) is 0.0769. The average molecular weight is 229 g/mol. The zero-order chi connectivity index (χ0) is 12.3. The minimum absolute atomic E-state index is 0.154. The lowest BCUT2D eigenvalue weighted by atomic mass is 10.1. The first-order valence-electron chi connectivity index (χ1n) is 5.09. The molecule has 2 rings (SSSR count). The van der Waals surface area contributed by atoms with Crippen molar-refractivity contribution in [3.8, 4) is 11.5 Å². The molecule has 4 heteroatoms. The first-order chi connectivity index (χ1) is 8.18. The maximum absolute atomic E-state index is 11.1. The predicted molar refractivity (Wildman–Crippen MR) is 62.4 cm³/mol. The Balaban J connectivity index is 2.41. The van der Waals surface area contributed by atoms with Crippen LogP contribution in [0.2, 0.25) is 0 Å². The molecule has 1 heterocycles. The molecule has 0 aliphatic heterocycles. The van der Waals surface area contributed by atoms with E-state index in [1.165, 1.54) is 6.07 Å². The number of carbonyl (C=O) groups is 1. The molecular formula is C13H11NO3. The predicted octanol–water partition coefficient (Wildman–Crippen LogP) is 2.88. The van der Waals surface area contributed by atoms with E-state index in [1.807, 2.05) is 13.0 Å². The van der Waals surface area contributed by atoms with Crippen LogP contribution in [0, 0.1) is 6.92 Å². The summed E-state index contributed by atoms with van der Waals surface area (Å²) in [6, 6.07) is 8.38. The second-order valence-electron chi connectivity index (χ2n) is 3.54. The molecule has 0 bridgehead atoms. The van der Waals surface area contributed by atoms with Crippen molar-refractivity contribution < 1.29 is 14.6 Å². The molecule has 1 aromatic carbocycles. The maximum Gasteiger partial charge on any atom is 0.339 e. The van der Waals surface area contributed by atoms with Crippen molar-refractivity contribution in [2.45, 2.75) is 6.92 Å². The summed E-state index contributed by atoms with van der Waals surface area (Å²) in [5.74, 6) is -0.0687. The van der Waals surface area contributed by atoms with Crippen molar-refractivity contribution in [2.75, 3.05) is 0 Å². The van der Waals surface area contributed by atoms with E-state index < -0.39 is 5.97 Å². The molecule has 1 aromatic heterocycles. The summed E-state index contributed by atoms with van der Waals surface area (Å²) in [7, 11) is 0. The molecule has 0 aliphatic rings. The van der Waals surface area contributed by atoms with Gasteiger partial charge in [0.15, 0.2) is 0 Å². The minimum Gasteiger partial charge on any atom is -0.478 e. The number of rotatable bonds is 3. The second-order valence-corrected chi connectivity index (χ2v) is 3.54. The largest absolute Gasteiger partial charge is 0.478 e. The van der Waals surface area contributed by atoms with E-state index >= 15 is 0 Å². The van der Waals surface area contributed by atoms with Crippen LogP contribution >= 0.6 is 0 Å². The lowest BCUT2D eigenvalue weighted by molar-refractivity contribution is 0.0694. The number of pyridine rings is 1. The van der Waals surface area contributed by atoms with Crippen molar-refractivity contribution in [1.29, 1.82) is 0 Å². The third-order valence-corrected chi connectivity index (χ3v) is 2.31. The number of aromatic nitrogens is 1. The van der Waals surface area contributed by atoms with Crippen LogP contribution in [0.1, 0.15) is 15.9 Å². The zero-order valence-corrected chi connectivity index (χ0v) is 9.25. The highest BCUT2D eigenvalue weighted by Crippen LogP contribution is 2.28. The van der Waals surface area contributed by atoms with Gasteiger partial charge in [0, 0.05) is 12.4 Å². The maximum atomic E-state index is 11.1. The lowest BCUT2D eigenvalue weighted by Crippen LogP contribution is -2.01. The van der Waals surface area contributed by atoms with Crippen molar-refractivity contribution in [2.24, 2.45) is 0 Å². The van der Waals surface area contributed by atoms with E-state index in [0.717, 1.165) is 5.56 Å². The van der Waals surface area contributed by atoms with Gasteiger partial charge >= 0.3 is 5.97 Å². The van der Waals surface area contributed by atoms with Gasteiger partial charge in [-0.2, -0.15) is 0 Å². The summed E-state index contributed by atoms with van der Waals surface area (Å²) in [5, 5.41) is 9.08. The summed E-state index contributed by atoms with van der Waals surface area (Å²) in [5.41, 5.74) is 0.934. The van der Waals surface area contributed by atoms with Gasteiger partial charge in [0.2, 0.25) is 0 Å². The molecule has 0 amide bonds. The van der Waals surface area contributed by atoms with Gasteiger partial charge in [0.25, 0.3) is 0 Å². The van der Waals surface area contributed by atoms with Gasteiger partial charge in [0.05, 0.1) is 0 Å². The number of aryl methyl sites for hydroxylation is 1. The first-order valence-corrected chi connectivity index (χ1v) is 5.09. The average Bonchev–Trinajstić information content (AvgIpc) is 2.33. The van der Waals surface area contributed by atoms with E-state index in [1.54, 1.807) is 30.6 Å². The molecule has 0 atom stereocenters. The van der Waals surface area contributed by atoms with Crippen molar-refractivity contribution in [1.82, 2.24) is 4.98 Å². The smallest absolute Gasteiger partial charge is 0.339 e. The van der Waals surface area contributed by atoms with Crippen LogP contribution in [0.5, 0.6) is 11.5 Å². The molecule has 0 radical (unpaired) electrons. The van der Waals surface area contributed by atoms with Crippen molar-refractivity contribution >= 4 is 5.97 Å². The topological polar surface area (TPSA) is 59.4 Å². The SMILES string of the molecule is Cc1cccc(C(=O)O)c1Oc1ccncc1. The Hall–Kier alpha value is -2.36. The van der Waals surface area contributed by atoms with Gasteiger partial charge in [-0.05, 0) is 30.7 Å². The third kappa shape index (κ3) is 2.42. The number of carboxylic acid groups (broad SMARTS) is 1. The normalized spacial score (nSPS) is 9.94. The number of nitrogens with zero attached hydrogens (tertiary/aromatic N) is 1. The zero-order valence-electron chi connectivity index (χ0n) is 9.25. The number of hydrogen-bond donors (Lipinski definition) is 1. The highest BCUT2D eigenvalue weighted by molar-refractivity contribution is 5.91. The van der Waals surface area contributed by atoms with E-state index in [9.17, 15) is 4.79 Å². The summed E-state index contributed by atoms with van der Waals surface area (Å²) in [4.78, 5) is 14.9. The molecule has 86 valence electrons. The molecule has 17 heavy (non-hydrogen) atoms. The van der Waals surface area contributed by atoms with Crippen LogP contribution in [0.25, 0.3) is 0 Å². The molecule has 0 spiro atoms. The van der Waals surface area contributed by atoms with E-state index in [-0.39, 0.29) is 5.56 Å². The first kappa shape index (κ1) is 11.1. The van der Waals surface area contributed by atoms with Gasteiger partial charge in [-0.15, -0.1) is 0 Å². The summed E-state index contributed by atoms with van der Waals surface area (Å²) < 4.78 is 5.58. The number of hydrogen-bond acceptors (Lipinski definition) is 3. The Morgan fingerprint density at radius 1 is 1.24 bits per heavy atom. The summed E-state index contributed by atoms with van der Waals surface area (Å²) >= 11 is 0. The van der Waals surface area contributed by atoms with Crippen LogP contribution in [-0.4, -0.2) is 16.1 Å². The van der Waals surface area contributed by atoms with Crippen molar-refractivity contribution in [3.05, 3.63) is 53.9 Å². The van der Waals surface area contributed by atoms with Crippen molar-refractivity contribution in [3.63, 3.8) is 0 Å². The number of carboxylic acids is 1. The van der Waals surface area contributed by atoms with E-state index in [0.29, 0.717) is 11.5 Å². The van der Waals surface area contributed by atoms with Gasteiger partial charge in [0.1, 0.15) is 17.1 Å². The quantitative estimate of drug-likeness (QED) is 0.879. The van der Waals surface area contributed by atoms with Gasteiger partial charge in [-0.1, -0.05) is 12.1 Å². The standard InChI is InChI=1S/C13H11NO3/c1-9-3-2-4-11(13(15)16)12(9)17-10-5-7-14-8-6-10/h2-8H,1H3,(H,15,16). The summed E-state index contributed by atoms with van der Waals surface area (Å²) in [6.07, 6.45) is 3.18. The third-order valence-electron chi connectivity index (χ3n) is 2.31. The molecule has 0 unspecified atom stereocenters. The van der Waals surface area contributed by atoms with Crippen LogP contribution in [0.4, 0.5) is 0 Å². The Morgan fingerprint density at radius 3 is 2.59 bits per heavy atom. The Morgan fingerprint density at radius 2 is 1.94 bits per heavy atom. The molecule has 0 saturated heterocycles. The van der Waals surface area contributed by atoms with Gasteiger partial charge in [-0.25, -0.2) is 4.79 Å². The fourth-order valence-corrected chi connectivity index (χ4v) is 1.48. The number of para-hydroxylation sites is 1. The molecule has 0 saturated carbocycles. The van der Waals surface area contributed by atoms with Crippen LogP contribution in [-0.2, 0) is 0 Å². The van der Waals surface area contributed by atoms with E-state index in [2.05, 4.69) is 4.98 Å². The Bertz CT molecular complexity index is 538. The summed E-state index contributed by atoms with van der Waals surface area (Å²) in [6.45, 7) is 1.81. The second kappa shape index (κ2) is 4.65. The monoisotopic (exact) mass is 229 g/mol. The Labute approximate surface area is 98.5 Å². The Kier molecular flexibility index (Phi) is 3.05. The number of aromatic carboxylic acids is 1. The van der Waals surface area contributed by atoms with Gasteiger partial charge < -0.3 is 9.84 Å². The lowest BCUT2D eigenvalue weighted by Gasteiger charge is -2.10. The van der Waals surface area contributed by atoms with Gasteiger partial charge in [-0.3, -0.25) is 4.98 Å². The molecular weight excluding hydrogens is 218 g/mol. The van der Waals surface area contributed by atoms with E-state index in [4.69, 9.17) is 9.84 Å². The molecule has 1 N–H and O–H groups in total. The minimum atomic E-state index is -1.00. The molecule has 4 nitrogen and oxygen atoms in total. The van der Waals surface area contributed by atoms with Crippen LogP contribution in [0.15, 0.2) is 42.7 Å². The van der Waals surface area contributed by atoms with Crippen LogP contribution in [0.3, 0.4) is 0 Å². The molecule has 2 aromatic rings. The van der Waals surface area contributed by atoms with Crippen LogP contribution < -0.4 is 4.74 Å². The number of benzene rings is 1.